The Labute approximate surface area is 426 Å². The monoisotopic (exact) mass is 1010 g/mol. The number of nitrogens with zero attached hydrogens (tertiary/aromatic N) is 2. The summed E-state index contributed by atoms with van der Waals surface area (Å²) < 4.78 is 15.9. The number of ketones is 2. The van der Waals surface area contributed by atoms with Gasteiger partial charge >= 0.3 is 24.2 Å². The molecule has 2 aromatic rings. The van der Waals surface area contributed by atoms with Gasteiger partial charge in [-0.1, -0.05) is 74.5 Å². The molecule has 2 aromatic carbocycles. The van der Waals surface area contributed by atoms with Crippen LogP contribution in [0.1, 0.15) is 126 Å². The Hall–Kier alpha value is -6.04. The number of esters is 1. The number of alkyl carbamates (subject to hydrolysis) is 2. The van der Waals surface area contributed by atoms with E-state index >= 15 is 9.59 Å². The summed E-state index contributed by atoms with van der Waals surface area (Å²) in [7, 11) is 1.19. The van der Waals surface area contributed by atoms with Crippen molar-refractivity contribution < 1.29 is 57.7 Å². The number of benzene rings is 2. The van der Waals surface area contributed by atoms with Gasteiger partial charge in [0.05, 0.1) is 25.0 Å². The number of ether oxygens (including phenoxy) is 3. The van der Waals surface area contributed by atoms with E-state index in [-0.39, 0.29) is 77.2 Å². The minimum absolute atomic E-state index is 0.00579. The fraction of sp³-hybridized carbons (Fsp3) is 0.630. The van der Waals surface area contributed by atoms with Gasteiger partial charge in [0.25, 0.3) is 0 Å². The Morgan fingerprint density at radius 3 is 1.67 bits per heavy atom. The van der Waals surface area contributed by atoms with E-state index < -0.39 is 93.8 Å². The highest BCUT2D eigenvalue weighted by Crippen LogP contribution is 2.36. The molecule has 0 saturated carbocycles. The Morgan fingerprint density at radius 1 is 0.681 bits per heavy atom. The highest BCUT2D eigenvalue weighted by Gasteiger charge is 2.54. The van der Waals surface area contributed by atoms with E-state index in [4.69, 9.17) is 14.2 Å². The normalized spacial score (nSPS) is 15.5. The zero-order valence-electron chi connectivity index (χ0n) is 44.7. The third-order valence-corrected chi connectivity index (χ3v) is 12.1. The first-order valence-electron chi connectivity index (χ1n) is 25.1. The number of hydrogen-bond acceptors (Lipinski definition) is 12. The van der Waals surface area contributed by atoms with E-state index in [1.807, 2.05) is 62.4 Å². The van der Waals surface area contributed by atoms with E-state index in [1.165, 1.54) is 12.0 Å². The van der Waals surface area contributed by atoms with Crippen molar-refractivity contribution in [1.29, 1.82) is 0 Å². The van der Waals surface area contributed by atoms with Crippen molar-refractivity contribution in [2.45, 2.75) is 162 Å². The molecule has 0 radical (unpaired) electrons. The quantitative estimate of drug-likeness (QED) is 0.0313. The molecule has 0 unspecified atom stereocenters. The van der Waals surface area contributed by atoms with Gasteiger partial charge in [0.1, 0.15) is 22.8 Å². The van der Waals surface area contributed by atoms with E-state index in [0.29, 0.717) is 18.4 Å². The van der Waals surface area contributed by atoms with Crippen molar-refractivity contribution in [1.82, 2.24) is 31.1 Å². The molecule has 0 aliphatic carbocycles. The van der Waals surface area contributed by atoms with Crippen LogP contribution in [0.5, 0.6) is 0 Å². The third kappa shape index (κ3) is 19.2. The van der Waals surface area contributed by atoms with Crippen LogP contribution in [0.15, 0.2) is 60.7 Å². The number of methoxy groups -OCH3 is 1. The van der Waals surface area contributed by atoms with Gasteiger partial charge in [-0.2, -0.15) is 0 Å². The second-order valence-electron chi connectivity index (χ2n) is 22.0. The number of carbonyl (C=O) groups is 8. The van der Waals surface area contributed by atoms with Crippen molar-refractivity contribution in [3.05, 3.63) is 71.8 Å². The summed E-state index contributed by atoms with van der Waals surface area (Å²) in [6.45, 7) is 19.6. The van der Waals surface area contributed by atoms with Gasteiger partial charge in [-0.3, -0.25) is 24.1 Å². The molecule has 1 heterocycles. The average Bonchev–Trinajstić information content (AvgIpc) is 3.28. The number of carboxylic acid groups (broad SMARTS) is 1. The number of carbonyl (C=O) groups excluding carboxylic acids is 7. The largest absolute Gasteiger partial charge is 0.467 e. The summed E-state index contributed by atoms with van der Waals surface area (Å²) in [4.78, 5) is 113. The summed E-state index contributed by atoms with van der Waals surface area (Å²) >= 11 is 0. The first-order chi connectivity index (χ1) is 33.6. The lowest BCUT2D eigenvalue weighted by Gasteiger charge is -2.50. The summed E-state index contributed by atoms with van der Waals surface area (Å²) in [5.41, 5.74) is -2.51. The molecule has 1 aliphatic rings. The molecule has 400 valence electrons. The second-order valence-corrected chi connectivity index (χ2v) is 22.0. The minimum atomic E-state index is -1.60. The number of rotatable bonds is 24. The number of likely N-dealkylation sites (tertiary alicyclic amines) is 1. The van der Waals surface area contributed by atoms with Crippen LogP contribution in [-0.4, -0.2) is 137 Å². The molecule has 0 aromatic heterocycles. The maximum absolute atomic E-state index is 15.2. The second kappa shape index (κ2) is 27.1. The molecule has 5 N–H and O–H groups in total. The molecule has 72 heavy (non-hydrogen) atoms. The molecule has 18 nitrogen and oxygen atoms in total. The lowest BCUT2D eigenvalue weighted by molar-refractivity contribution is -0.163. The molecular formula is C54H82N6O12. The lowest BCUT2D eigenvalue weighted by atomic mass is 9.78. The van der Waals surface area contributed by atoms with E-state index in [9.17, 15) is 33.9 Å². The average molecular weight is 1010 g/mol. The first kappa shape index (κ1) is 60.3. The Kier molecular flexibility index (Phi) is 22.7. The van der Waals surface area contributed by atoms with Crippen LogP contribution < -0.4 is 21.3 Å². The van der Waals surface area contributed by atoms with Gasteiger partial charge in [0.2, 0.25) is 11.8 Å². The van der Waals surface area contributed by atoms with E-state index in [2.05, 4.69) is 21.3 Å². The Balaban J connectivity index is 2.02. The zero-order chi connectivity index (χ0) is 54.0. The molecule has 5 amide bonds. The van der Waals surface area contributed by atoms with Gasteiger partial charge in [0, 0.05) is 38.3 Å². The molecule has 0 bridgehead atoms. The number of Topliss-reactive ketones (excluding diaryl/α,β-unsaturated/α-hetero) is 2. The number of piperidine rings is 1. The molecule has 18 heteroatoms. The van der Waals surface area contributed by atoms with Crippen LogP contribution in [0.2, 0.25) is 0 Å². The molecule has 1 fully saturated rings. The number of amides is 5. The number of unbranched alkanes of at least 4 members (excludes halogenated alkanes) is 1. The zero-order valence-corrected chi connectivity index (χ0v) is 44.7. The van der Waals surface area contributed by atoms with Gasteiger partial charge < -0.3 is 45.5 Å². The highest BCUT2D eigenvalue weighted by molar-refractivity contribution is 6.13. The standard InChI is InChI=1S/C54H82N6O12/c1-36(2)33-40(43(61)39(34-37-21-15-13-16-22-37)44(62)42(35-38-23-17-14-18-24-38)55-29-30-57-49(67)72-53(9,10)11)45(63)58-41(25-19-20-28-56-48(66)71-52(6,7)8)46(64)59-31-26-54(27-32-59,47(65)70-12)60(50(68)69)51(3,4)5/h13-18,21-24,36,39-42,55H,19-20,25-35H2,1-12H3,(H,56,66)(H,57,67)(H,58,63)(H,68,69)/t39-,40-,41-,42-/m1/s1. The predicted molar refractivity (Wildman–Crippen MR) is 273 cm³/mol. The van der Waals surface area contributed by atoms with Crippen LogP contribution in [0, 0.1) is 17.8 Å². The smallest absolute Gasteiger partial charge is 0.408 e. The molecule has 4 atom stereocenters. The summed E-state index contributed by atoms with van der Waals surface area (Å²) in [5.74, 6) is -5.88. The maximum Gasteiger partial charge on any atom is 0.408 e. The topological polar surface area (TPSA) is 239 Å². The fourth-order valence-electron chi connectivity index (χ4n) is 9.00. The van der Waals surface area contributed by atoms with E-state index in [0.717, 1.165) is 10.5 Å². The number of nitrogens with one attached hydrogen (secondary N) is 4. The number of hydrogen-bond donors (Lipinski definition) is 5. The summed E-state index contributed by atoms with van der Waals surface area (Å²) in [5, 5.41) is 21.9. The van der Waals surface area contributed by atoms with Crippen LogP contribution >= 0.6 is 0 Å². The van der Waals surface area contributed by atoms with Gasteiger partial charge in [-0.15, -0.1) is 0 Å². The first-order valence-corrected chi connectivity index (χ1v) is 25.1. The Bertz CT molecular complexity index is 2120. The highest BCUT2D eigenvalue weighted by atomic mass is 16.6. The summed E-state index contributed by atoms with van der Waals surface area (Å²) in [6, 6.07) is 16.3. The van der Waals surface area contributed by atoms with Crippen molar-refractivity contribution in [3.63, 3.8) is 0 Å². The van der Waals surface area contributed by atoms with Crippen molar-refractivity contribution in [3.8, 4) is 0 Å². The van der Waals surface area contributed by atoms with E-state index in [1.54, 1.807) is 74.4 Å². The summed E-state index contributed by atoms with van der Waals surface area (Å²) in [6.07, 6.45) is -1.61. The molecule has 0 spiro atoms. The van der Waals surface area contributed by atoms with Gasteiger partial charge in [-0.25, -0.2) is 19.2 Å². The van der Waals surface area contributed by atoms with Crippen molar-refractivity contribution >= 4 is 47.6 Å². The fourth-order valence-corrected chi connectivity index (χ4v) is 9.00. The molecule has 3 rings (SSSR count). The SMILES string of the molecule is COC(=O)C1(N(C(=O)O)C(C)(C)C)CCN(C(=O)[C@@H](CCCCNC(=O)OC(C)(C)C)NC(=O)[C@H](CC(C)C)C(=O)[C@@H](Cc2ccccc2)C(=O)[C@@H](Cc2ccccc2)NCCNC(=O)OC(C)(C)C)CC1. The van der Waals surface area contributed by atoms with Crippen LogP contribution in [0.3, 0.4) is 0 Å². The predicted octanol–water partition coefficient (Wildman–Crippen LogP) is 6.86. The minimum Gasteiger partial charge on any atom is -0.467 e. The van der Waals surface area contributed by atoms with Gasteiger partial charge in [0.15, 0.2) is 11.6 Å². The van der Waals surface area contributed by atoms with Crippen molar-refractivity contribution in [2.75, 3.05) is 39.8 Å². The van der Waals surface area contributed by atoms with Crippen LogP contribution in [0.4, 0.5) is 14.4 Å². The van der Waals surface area contributed by atoms with Crippen LogP contribution in [-0.2, 0) is 51.0 Å². The molecular weight excluding hydrogens is 925 g/mol. The molecule has 1 aliphatic heterocycles. The van der Waals surface area contributed by atoms with Gasteiger partial charge in [-0.05, 0) is 131 Å². The lowest BCUT2D eigenvalue weighted by Crippen LogP contribution is -2.67. The maximum atomic E-state index is 15.2. The Morgan fingerprint density at radius 2 is 1.19 bits per heavy atom. The third-order valence-electron chi connectivity index (χ3n) is 12.1. The molecule has 1 saturated heterocycles. The van der Waals surface area contributed by atoms with Crippen molar-refractivity contribution in [2.24, 2.45) is 17.8 Å². The van der Waals surface area contributed by atoms with Crippen LogP contribution in [0.25, 0.3) is 0 Å².